The van der Waals surface area contributed by atoms with E-state index in [4.69, 9.17) is 46.4 Å². The summed E-state index contributed by atoms with van der Waals surface area (Å²) in [6.07, 6.45) is 1.64. The van der Waals surface area contributed by atoms with Crippen LogP contribution in [0.5, 0.6) is 0 Å². The van der Waals surface area contributed by atoms with Crippen molar-refractivity contribution in [2.45, 2.75) is 4.90 Å². The molecule has 11 heteroatoms. The lowest BCUT2D eigenvalue weighted by atomic mass is 10.0. The monoisotopic (exact) mass is 552 g/mol. The van der Waals surface area contributed by atoms with Gasteiger partial charge in [0.25, 0.3) is 10.0 Å². The summed E-state index contributed by atoms with van der Waals surface area (Å²) < 4.78 is 29.7. The summed E-state index contributed by atoms with van der Waals surface area (Å²) in [5.74, 6) is -0.0217. The zero-order chi connectivity index (χ0) is 24.5. The second kappa shape index (κ2) is 9.98. The number of aromatic nitrogens is 2. The van der Waals surface area contributed by atoms with E-state index in [0.717, 1.165) is 5.56 Å². The first-order valence-electron chi connectivity index (χ1n) is 9.74. The lowest BCUT2D eigenvalue weighted by molar-refractivity contribution is 0.591. The third kappa shape index (κ3) is 5.24. The molecule has 6 nitrogen and oxygen atoms in total. The summed E-state index contributed by atoms with van der Waals surface area (Å²) in [7, 11) is -2.53. The molecule has 174 valence electrons. The van der Waals surface area contributed by atoms with Gasteiger partial charge < -0.3 is 0 Å². The lowest BCUT2D eigenvalue weighted by Crippen LogP contribution is -2.36. The van der Waals surface area contributed by atoms with Crippen molar-refractivity contribution in [1.29, 1.82) is 0 Å². The minimum atomic E-state index is -3.98. The van der Waals surface area contributed by atoms with Gasteiger partial charge >= 0.3 is 0 Å². The minimum Gasteiger partial charge on any atom is -0.254 e. The van der Waals surface area contributed by atoms with E-state index in [-0.39, 0.29) is 10.9 Å². The van der Waals surface area contributed by atoms with Gasteiger partial charge in [0.1, 0.15) is 5.69 Å². The zero-order valence-corrected chi connectivity index (χ0v) is 21.3. The molecule has 1 aromatic heterocycles. The normalized spacial score (nSPS) is 12.1. The molecule has 0 saturated carbocycles. The summed E-state index contributed by atoms with van der Waals surface area (Å²) in [6.45, 7) is 0. The van der Waals surface area contributed by atoms with E-state index in [9.17, 15) is 8.42 Å². The maximum absolute atomic E-state index is 12.9. The van der Waals surface area contributed by atoms with Gasteiger partial charge in [-0.05, 0) is 42.5 Å². The second-order valence-corrected chi connectivity index (χ2v) is 10.5. The Morgan fingerprint density at radius 3 is 2.21 bits per heavy atom. The van der Waals surface area contributed by atoms with Crippen LogP contribution in [0.1, 0.15) is 0 Å². The molecule has 0 unspecified atom stereocenters. The maximum atomic E-state index is 12.9. The summed E-state index contributed by atoms with van der Waals surface area (Å²) in [5.41, 5.74) is 2.60. The Hall–Kier alpha value is -2.55. The van der Waals surface area contributed by atoms with Crippen LogP contribution in [0.15, 0.2) is 82.8 Å². The van der Waals surface area contributed by atoms with Gasteiger partial charge in [0.15, 0.2) is 0 Å². The molecule has 0 radical (unpaired) electrons. The number of hydrogen-bond donors (Lipinski definition) is 1. The fourth-order valence-electron chi connectivity index (χ4n) is 3.22. The van der Waals surface area contributed by atoms with Gasteiger partial charge in [0.2, 0.25) is 5.96 Å². The van der Waals surface area contributed by atoms with Crippen LogP contribution in [0.2, 0.25) is 20.1 Å². The van der Waals surface area contributed by atoms with Crippen LogP contribution in [-0.4, -0.2) is 31.2 Å². The number of nitrogens with one attached hydrogen (secondary N) is 1. The van der Waals surface area contributed by atoms with Crippen LogP contribution in [0.25, 0.3) is 22.4 Å². The van der Waals surface area contributed by atoms with Crippen molar-refractivity contribution < 1.29 is 8.42 Å². The van der Waals surface area contributed by atoms with E-state index in [1.165, 1.54) is 23.9 Å². The van der Waals surface area contributed by atoms with Crippen molar-refractivity contribution in [2.75, 3.05) is 7.05 Å². The first-order chi connectivity index (χ1) is 16.2. The van der Waals surface area contributed by atoms with Gasteiger partial charge in [-0.3, -0.25) is 4.99 Å². The average Bonchev–Trinajstić information content (AvgIpc) is 3.23. The molecule has 3 aromatic carbocycles. The maximum Gasteiger partial charge on any atom is 0.264 e. The minimum absolute atomic E-state index is 0.00722. The summed E-state index contributed by atoms with van der Waals surface area (Å²) in [4.78, 5) is 4.10. The molecular formula is C23H16Cl4N4O2S. The molecule has 0 fully saturated rings. The van der Waals surface area contributed by atoms with Gasteiger partial charge in [0.05, 0.1) is 9.92 Å². The molecule has 0 aliphatic rings. The molecule has 0 spiro atoms. The highest BCUT2D eigenvalue weighted by Crippen LogP contribution is 2.36. The van der Waals surface area contributed by atoms with Crippen molar-refractivity contribution in [3.05, 3.63) is 93.0 Å². The summed E-state index contributed by atoms with van der Waals surface area (Å²) in [6, 6.07) is 18.1. The van der Waals surface area contributed by atoms with Crippen LogP contribution in [0, 0.1) is 0 Å². The first kappa shape index (κ1) is 24.6. The highest BCUT2D eigenvalue weighted by Gasteiger charge is 2.22. The van der Waals surface area contributed by atoms with E-state index < -0.39 is 10.0 Å². The molecule has 4 aromatic rings. The molecule has 0 amide bonds. The van der Waals surface area contributed by atoms with Crippen molar-refractivity contribution in [1.82, 2.24) is 14.5 Å². The quantitative estimate of drug-likeness (QED) is 0.227. The van der Waals surface area contributed by atoms with Crippen LogP contribution < -0.4 is 4.72 Å². The Morgan fingerprint density at radius 2 is 1.56 bits per heavy atom. The van der Waals surface area contributed by atoms with Crippen LogP contribution >= 0.6 is 46.4 Å². The highest BCUT2D eigenvalue weighted by atomic mass is 35.5. The van der Waals surface area contributed by atoms with Crippen LogP contribution in [0.4, 0.5) is 0 Å². The van der Waals surface area contributed by atoms with Gasteiger partial charge in [-0.1, -0.05) is 70.7 Å². The topological polar surface area (TPSA) is 76.3 Å². The van der Waals surface area contributed by atoms with Crippen molar-refractivity contribution in [3.63, 3.8) is 0 Å². The summed E-state index contributed by atoms with van der Waals surface area (Å²) >= 11 is 24.6. The number of sulfonamides is 1. The van der Waals surface area contributed by atoms with Crippen molar-refractivity contribution in [3.8, 4) is 22.4 Å². The Balaban J connectivity index is 1.82. The molecule has 1 heterocycles. The third-order valence-corrected chi connectivity index (χ3v) is 7.17. The Bertz CT molecular complexity index is 1500. The Labute approximate surface area is 216 Å². The molecule has 0 bridgehead atoms. The average molecular weight is 554 g/mol. The Kier molecular flexibility index (Phi) is 7.21. The van der Waals surface area contributed by atoms with E-state index in [0.29, 0.717) is 36.9 Å². The number of halogens is 4. The predicted molar refractivity (Wildman–Crippen MR) is 139 cm³/mol. The second-order valence-electron chi connectivity index (χ2n) is 7.08. The van der Waals surface area contributed by atoms with Crippen molar-refractivity contribution in [2.24, 2.45) is 4.99 Å². The molecular weight excluding hydrogens is 538 g/mol. The van der Waals surface area contributed by atoms with Gasteiger partial charge in [-0.25, -0.2) is 17.8 Å². The molecule has 0 saturated heterocycles. The van der Waals surface area contributed by atoms with Crippen LogP contribution in [0.3, 0.4) is 0 Å². The van der Waals surface area contributed by atoms with E-state index in [2.05, 4.69) is 14.8 Å². The lowest BCUT2D eigenvalue weighted by Gasteiger charge is -2.10. The molecule has 4 rings (SSSR count). The molecule has 0 aliphatic carbocycles. The number of rotatable bonds is 4. The fourth-order valence-corrected chi connectivity index (χ4v) is 5.19. The predicted octanol–water partition coefficient (Wildman–Crippen LogP) is 6.64. The van der Waals surface area contributed by atoms with Gasteiger partial charge in [-0.2, -0.15) is 5.10 Å². The third-order valence-electron chi connectivity index (χ3n) is 4.81. The van der Waals surface area contributed by atoms with E-state index in [1.807, 2.05) is 0 Å². The van der Waals surface area contributed by atoms with E-state index >= 15 is 0 Å². The number of benzene rings is 3. The standard InChI is InChI=1S/C23H16Cl4N4O2S/c1-28-23(30-34(32,33)18-4-2-3-16(25)11-18)31-13-20(19-10-9-17(26)12-21(19)27)22(29-31)14-5-7-15(24)8-6-14/h2-13H,1H3,(H,28,30). The fraction of sp³-hybridized carbons (Fsp3) is 0.0435. The number of nitrogens with zero attached hydrogens (tertiary/aromatic N) is 3. The smallest absolute Gasteiger partial charge is 0.254 e. The highest BCUT2D eigenvalue weighted by molar-refractivity contribution is 7.90. The van der Waals surface area contributed by atoms with Gasteiger partial charge in [-0.15, -0.1) is 0 Å². The van der Waals surface area contributed by atoms with Gasteiger partial charge in [0, 0.05) is 45.0 Å². The Morgan fingerprint density at radius 1 is 0.882 bits per heavy atom. The zero-order valence-electron chi connectivity index (χ0n) is 17.5. The van der Waals surface area contributed by atoms with Crippen LogP contribution in [-0.2, 0) is 10.0 Å². The van der Waals surface area contributed by atoms with Crippen molar-refractivity contribution >= 4 is 62.4 Å². The number of hydrogen-bond acceptors (Lipinski definition) is 4. The summed E-state index contributed by atoms with van der Waals surface area (Å²) in [5, 5.41) is 6.38. The van der Waals surface area contributed by atoms with E-state index in [1.54, 1.807) is 60.8 Å². The number of aliphatic imine (C=N–C) groups is 1. The molecule has 0 atom stereocenters. The molecule has 1 N–H and O–H groups in total. The SMILES string of the molecule is CN=C(NS(=O)(=O)c1cccc(Cl)c1)n1cc(-c2ccc(Cl)cc2Cl)c(-c2ccc(Cl)cc2)n1. The molecule has 0 aliphatic heterocycles. The first-order valence-corrected chi connectivity index (χ1v) is 12.7. The molecule has 34 heavy (non-hydrogen) atoms. The largest absolute Gasteiger partial charge is 0.264 e.